The molecule has 0 spiro atoms. The number of carbonyl (C=O) groups excluding carboxylic acids is 1. The Balaban J connectivity index is 1.54. The second-order valence-electron chi connectivity index (χ2n) is 8.44. The summed E-state index contributed by atoms with van der Waals surface area (Å²) >= 11 is 0. The zero-order valence-electron chi connectivity index (χ0n) is 17.7. The fourth-order valence-corrected chi connectivity index (χ4v) is 4.48. The summed E-state index contributed by atoms with van der Waals surface area (Å²) in [5, 5.41) is 3.43. The summed E-state index contributed by atoms with van der Waals surface area (Å²) in [4.78, 5) is 15.5. The van der Waals surface area contributed by atoms with Crippen molar-refractivity contribution in [1.82, 2.24) is 10.2 Å². The number of methoxy groups -OCH3 is 1. The molecule has 0 aromatic heterocycles. The van der Waals surface area contributed by atoms with Crippen molar-refractivity contribution >= 4 is 5.91 Å². The lowest BCUT2D eigenvalue weighted by molar-refractivity contribution is -0.137. The number of hydrogen-bond donors (Lipinski definition) is 1. The number of benzene rings is 1. The van der Waals surface area contributed by atoms with E-state index in [0.29, 0.717) is 25.9 Å². The normalized spacial score (nSPS) is 21.9. The molecule has 1 aromatic rings. The van der Waals surface area contributed by atoms with Crippen molar-refractivity contribution in [3.8, 4) is 11.5 Å². The first-order chi connectivity index (χ1) is 14.2. The van der Waals surface area contributed by atoms with Gasteiger partial charge in [0.25, 0.3) is 0 Å². The maximum atomic E-state index is 13.3. The summed E-state index contributed by atoms with van der Waals surface area (Å²) in [5.41, 5.74) is 2.25. The molecule has 0 bridgehead atoms. The predicted molar refractivity (Wildman–Crippen MR) is 112 cm³/mol. The highest BCUT2D eigenvalue weighted by atomic mass is 16.5. The molecule has 0 unspecified atom stereocenters. The second kappa shape index (κ2) is 9.35. The average Bonchev–Trinajstić information content (AvgIpc) is 3.46. The van der Waals surface area contributed by atoms with Crippen molar-refractivity contribution in [3.05, 3.63) is 23.3 Å². The van der Waals surface area contributed by atoms with E-state index >= 15 is 0 Å². The van der Waals surface area contributed by atoms with E-state index in [1.54, 1.807) is 7.11 Å². The molecular weight excluding hydrogens is 368 g/mol. The summed E-state index contributed by atoms with van der Waals surface area (Å²) in [5.74, 6) is 2.07. The van der Waals surface area contributed by atoms with E-state index < -0.39 is 0 Å². The van der Waals surface area contributed by atoms with E-state index in [4.69, 9.17) is 14.2 Å². The Labute approximate surface area is 173 Å². The molecule has 2 aliphatic heterocycles. The van der Waals surface area contributed by atoms with Gasteiger partial charge < -0.3 is 24.4 Å². The van der Waals surface area contributed by atoms with Gasteiger partial charge >= 0.3 is 0 Å². The summed E-state index contributed by atoms with van der Waals surface area (Å²) < 4.78 is 17.1. The van der Waals surface area contributed by atoms with Crippen LogP contribution in [0.25, 0.3) is 0 Å². The quantitative estimate of drug-likeness (QED) is 0.643. The van der Waals surface area contributed by atoms with Gasteiger partial charge in [0.15, 0.2) is 0 Å². The van der Waals surface area contributed by atoms with Crippen LogP contribution in [0.4, 0.5) is 0 Å². The molecule has 6 heteroatoms. The van der Waals surface area contributed by atoms with E-state index in [9.17, 15) is 4.79 Å². The summed E-state index contributed by atoms with van der Waals surface area (Å²) in [7, 11) is 1.71. The number of ether oxygens (including phenoxy) is 3. The average molecular weight is 403 g/mol. The molecule has 2 atom stereocenters. The molecule has 160 valence electrons. The van der Waals surface area contributed by atoms with Crippen molar-refractivity contribution < 1.29 is 19.0 Å². The van der Waals surface area contributed by atoms with Crippen LogP contribution in [-0.4, -0.2) is 56.4 Å². The van der Waals surface area contributed by atoms with Gasteiger partial charge in [0.1, 0.15) is 11.5 Å². The molecule has 4 rings (SSSR count). The first-order valence-electron chi connectivity index (χ1n) is 11.2. The number of nitrogens with zero attached hydrogens (tertiary/aromatic N) is 1. The fraction of sp³-hybridized carbons (Fsp3) is 0.696. The number of hydrogen-bond acceptors (Lipinski definition) is 5. The maximum absolute atomic E-state index is 13.3. The third kappa shape index (κ3) is 4.69. The zero-order chi connectivity index (χ0) is 20.2. The lowest BCUT2D eigenvalue weighted by Crippen LogP contribution is -2.50. The predicted octanol–water partition coefficient (Wildman–Crippen LogP) is 3.23. The van der Waals surface area contributed by atoms with Gasteiger partial charge in [0, 0.05) is 38.2 Å². The highest BCUT2D eigenvalue weighted by Gasteiger charge is 2.39. The minimum absolute atomic E-state index is 0.00884. The minimum atomic E-state index is -0.0396. The first-order valence-corrected chi connectivity index (χ1v) is 11.2. The van der Waals surface area contributed by atoms with Crippen LogP contribution >= 0.6 is 0 Å². The lowest BCUT2D eigenvalue weighted by Gasteiger charge is -2.35. The third-order valence-corrected chi connectivity index (χ3v) is 6.25. The van der Waals surface area contributed by atoms with Crippen molar-refractivity contribution in [2.45, 2.75) is 70.0 Å². The van der Waals surface area contributed by atoms with E-state index in [1.807, 2.05) is 0 Å². The Kier molecular flexibility index (Phi) is 6.60. The summed E-state index contributed by atoms with van der Waals surface area (Å²) in [6.45, 7) is 5.08. The number of amides is 1. The molecule has 3 aliphatic rings. The molecule has 0 radical (unpaired) electrons. The van der Waals surface area contributed by atoms with Gasteiger partial charge in [-0.3, -0.25) is 4.79 Å². The Morgan fingerprint density at radius 1 is 1.28 bits per heavy atom. The topological polar surface area (TPSA) is 60.0 Å². The van der Waals surface area contributed by atoms with Crippen LogP contribution in [0.1, 0.15) is 62.6 Å². The summed E-state index contributed by atoms with van der Waals surface area (Å²) in [6, 6.07) is 4.58. The Hall–Kier alpha value is -1.79. The molecule has 1 aromatic carbocycles. The Bertz CT molecular complexity index is 713. The standard InChI is InChI=1S/C23H34N2O4/c1-16(25(18-7-8-18)23(26)20-6-3-4-10-24-20)17-14-21(28-12-5-11-27-2)19-9-13-29-22(19)15-17/h14-16,18,20,24H,3-13H2,1-2H3/t16-,20-/m1/s1. The molecule has 1 saturated heterocycles. The van der Waals surface area contributed by atoms with Crippen molar-refractivity contribution in [1.29, 1.82) is 0 Å². The van der Waals surface area contributed by atoms with Crippen LogP contribution in [0.5, 0.6) is 11.5 Å². The molecule has 1 saturated carbocycles. The molecule has 29 heavy (non-hydrogen) atoms. The van der Waals surface area contributed by atoms with Gasteiger partial charge in [-0.2, -0.15) is 0 Å². The largest absolute Gasteiger partial charge is 0.493 e. The van der Waals surface area contributed by atoms with E-state index in [0.717, 1.165) is 74.1 Å². The van der Waals surface area contributed by atoms with E-state index in [1.165, 1.54) is 0 Å². The van der Waals surface area contributed by atoms with Gasteiger partial charge in [0.2, 0.25) is 5.91 Å². The van der Waals surface area contributed by atoms with E-state index in [-0.39, 0.29) is 18.0 Å². The van der Waals surface area contributed by atoms with Crippen molar-refractivity contribution in [2.24, 2.45) is 0 Å². The van der Waals surface area contributed by atoms with Crippen LogP contribution in [0, 0.1) is 0 Å². The maximum Gasteiger partial charge on any atom is 0.240 e. The van der Waals surface area contributed by atoms with Crippen molar-refractivity contribution in [3.63, 3.8) is 0 Å². The monoisotopic (exact) mass is 402 g/mol. The SMILES string of the molecule is COCCCOc1cc([C@@H](C)N(C(=O)[C@H]2CCCCN2)C2CC2)cc2c1CCO2. The second-order valence-corrected chi connectivity index (χ2v) is 8.44. The number of carbonyl (C=O) groups is 1. The molecule has 1 N–H and O–H groups in total. The molecule has 2 heterocycles. The fourth-order valence-electron chi connectivity index (χ4n) is 4.48. The number of piperidine rings is 1. The Morgan fingerprint density at radius 2 is 2.14 bits per heavy atom. The van der Waals surface area contributed by atoms with Crippen LogP contribution in [0.3, 0.4) is 0 Å². The van der Waals surface area contributed by atoms with Gasteiger partial charge in [0.05, 0.1) is 25.3 Å². The molecule has 1 amide bonds. The zero-order valence-corrected chi connectivity index (χ0v) is 17.7. The van der Waals surface area contributed by atoms with Crippen LogP contribution in [-0.2, 0) is 16.0 Å². The van der Waals surface area contributed by atoms with Crippen LogP contribution < -0.4 is 14.8 Å². The molecular formula is C23H34N2O4. The third-order valence-electron chi connectivity index (χ3n) is 6.25. The number of rotatable bonds is 9. The molecule has 2 fully saturated rings. The highest BCUT2D eigenvalue weighted by molar-refractivity contribution is 5.83. The van der Waals surface area contributed by atoms with Gasteiger partial charge in [-0.15, -0.1) is 0 Å². The van der Waals surface area contributed by atoms with Gasteiger partial charge in [-0.25, -0.2) is 0 Å². The minimum Gasteiger partial charge on any atom is -0.493 e. The number of fused-ring (bicyclic) bond motifs is 1. The number of nitrogens with one attached hydrogen (secondary N) is 1. The van der Waals surface area contributed by atoms with Gasteiger partial charge in [-0.1, -0.05) is 6.42 Å². The Morgan fingerprint density at radius 3 is 2.86 bits per heavy atom. The summed E-state index contributed by atoms with van der Waals surface area (Å²) in [6.07, 6.45) is 7.16. The molecule has 6 nitrogen and oxygen atoms in total. The van der Waals surface area contributed by atoms with Crippen LogP contribution in [0.15, 0.2) is 12.1 Å². The lowest BCUT2D eigenvalue weighted by atomic mass is 9.99. The smallest absolute Gasteiger partial charge is 0.240 e. The van der Waals surface area contributed by atoms with Crippen molar-refractivity contribution in [2.75, 3.05) is 33.5 Å². The highest BCUT2D eigenvalue weighted by Crippen LogP contribution is 2.41. The first kappa shape index (κ1) is 20.5. The molecule has 1 aliphatic carbocycles. The van der Waals surface area contributed by atoms with E-state index in [2.05, 4.69) is 29.3 Å². The van der Waals surface area contributed by atoms with Crippen LogP contribution in [0.2, 0.25) is 0 Å². The van der Waals surface area contributed by atoms with Gasteiger partial charge in [-0.05, 0) is 56.8 Å².